The van der Waals surface area contributed by atoms with Crippen molar-refractivity contribution in [2.24, 2.45) is 0 Å². The summed E-state index contributed by atoms with van der Waals surface area (Å²) in [4.78, 5) is 16.7. The number of amides is 1. The molecule has 2 aliphatic heterocycles. The number of benzene rings is 1. The van der Waals surface area contributed by atoms with Gasteiger partial charge in [-0.2, -0.15) is 0 Å². The Bertz CT molecular complexity index is 596. The van der Waals surface area contributed by atoms with Gasteiger partial charge in [0, 0.05) is 18.3 Å². The van der Waals surface area contributed by atoms with Crippen LogP contribution in [-0.4, -0.2) is 47.2 Å². The minimum absolute atomic E-state index is 0.0178. The summed E-state index contributed by atoms with van der Waals surface area (Å²) in [5, 5.41) is 9.71. The fourth-order valence-corrected chi connectivity index (χ4v) is 3.91. The minimum atomic E-state index is -0.506. The number of aliphatic hydroxyl groups is 1. The third-order valence-electron chi connectivity index (χ3n) is 4.83. The van der Waals surface area contributed by atoms with Gasteiger partial charge in [0.1, 0.15) is 5.82 Å². The number of carbonyl (C=O) groups excluding carboxylic acids is 1. The summed E-state index contributed by atoms with van der Waals surface area (Å²) < 4.78 is 13.7. The Morgan fingerprint density at radius 3 is 2.87 bits per heavy atom. The van der Waals surface area contributed by atoms with Gasteiger partial charge in [0.25, 0.3) is 0 Å². The number of anilines is 1. The molecule has 0 aromatic heterocycles. The largest absolute Gasteiger partial charge is 0.393 e. The van der Waals surface area contributed by atoms with Gasteiger partial charge >= 0.3 is 0 Å². The monoisotopic (exact) mass is 340 g/mol. The topological polar surface area (TPSA) is 43.8 Å². The second-order valence-electron chi connectivity index (χ2n) is 6.51. The molecule has 2 aliphatic rings. The van der Waals surface area contributed by atoms with Crippen molar-refractivity contribution < 1.29 is 14.3 Å². The standard InChI is InChI=1S/C17H22ClFN2O2/c1-11(22)9-12-3-2-7-20(12)16-6-8-21(17(16)23)13-4-5-14(18)15(19)10-13/h4-5,10-12,16,22H,2-3,6-9H2,1H3. The fourth-order valence-electron chi connectivity index (χ4n) is 3.80. The molecule has 4 nitrogen and oxygen atoms in total. The molecule has 1 aromatic rings. The van der Waals surface area contributed by atoms with Crippen LogP contribution >= 0.6 is 11.6 Å². The highest BCUT2D eigenvalue weighted by molar-refractivity contribution is 6.30. The Hall–Kier alpha value is -1.17. The molecule has 6 heteroatoms. The molecule has 1 N–H and O–H groups in total. The van der Waals surface area contributed by atoms with Crippen molar-refractivity contribution in [3.8, 4) is 0 Å². The van der Waals surface area contributed by atoms with Crippen molar-refractivity contribution in [2.75, 3.05) is 18.0 Å². The molecule has 3 atom stereocenters. The number of aliphatic hydroxyl groups excluding tert-OH is 1. The lowest BCUT2D eigenvalue weighted by atomic mass is 10.1. The van der Waals surface area contributed by atoms with Crippen molar-refractivity contribution in [3.63, 3.8) is 0 Å². The lowest BCUT2D eigenvalue weighted by Crippen LogP contribution is -2.45. The highest BCUT2D eigenvalue weighted by atomic mass is 35.5. The van der Waals surface area contributed by atoms with E-state index in [2.05, 4.69) is 4.90 Å². The molecular formula is C17H22ClFN2O2. The van der Waals surface area contributed by atoms with Crippen LogP contribution in [0.3, 0.4) is 0 Å². The Kier molecular flexibility index (Phi) is 4.90. The maximum atomic E-state index is 13.7. The van der Waals surface area contributed by atoms with Gasteiger partial charge in [-0.15, -0.1) is 0 Å². The lowest BCUT2D eigenvalue weighted by molar-refractivity contribution is -0.122. The molecule has 2 saturated heterocycles. The minimum Gasteiger partial charge on any atom is -0.393 e. The molecule has 1 aromatic carbocycles. The smallest absolute Gasteiger partial charge is 0.244 e. The summed E-state index contributed by atoms with van der Waals surface area (Å²) in [6, 6.07) is 4.58. The number of carbonyl (C=O) groups is 1. The SMILES string of the molecule is CC(O)CC1CCCN1C1CCN(c2ccc(Cl)c(F)c2)C1=O. The summed E-state index contributed by atoms with van der Waals surface area (Å²) in [6.07, 6.45) is 3.14. The maximum absolute atomic E-state index is 13.7. The summed E-state index contributed by atoms with van der Waals surface area (Å²) in [6.45, 7) is 3.26. The van der Waals surface area contributed by atoms with Gasteiger partial charge in [0.05, 0.1) is 17.2 Å². The quantitative estimate of drug-likeness (QED) is 0.916. The molecular weight excluding hydrogens is 319 g/mol. The lowest BCUT2D eigenvalue weighted by Gasteiger charge is -2.30. The second-order valence-corrected chi connectivity index (χ2v) is 6.92. The first-order valence-electron chi connectivity index (χ1n) is 8.17. The molecule has 0 bridgehead atoms. The van der Waals surface area contributed by atoms with Crippen molar-refractivity contribution in [1.82, 2.24) is 4.90 Å². The van der Waals surface area contributed by atoms with E-state index in [0.717, 1.165) is 25.8 Å². The number of nitrogens with zero attached hydrogens (tertiary/aromatic N) is 2. The highest BCUT2D eigenvalue weighted by Crippen LogP contribution is 2.32. The van der Waals surface area contributed by atoms with E-state index in [1.54, 1.807) is 17.9 Å². The second kappa shape index (κ2) is 6.75. The van der Waals surface area contributed by atoms with E-state index in [1.165, 1.54) is 12.1 Å². The molecule has 2 heterocycles. The van der Waals surface area contributed by atoms with Gasteiger partial charge < -0.3 is 10.0 Å². The van der Waals surface area contributed by atoms with Gasteiger partial charge in [-0.3, -0.25) is 9.69 Å². The van der Waals surface area contributed by atoms with E-state index >= 15 is 0 Å². The van der Waals surface area contributed by atoms with E-state index in [1.807, 2.05) is 0 Å². The van der Waals surface area contributed by atoms with E-state index in [4.69, 9.17) is 11.6 Å². The predicted octanol–water partition coefficient (Wildman–Crippen LogP) is 2.82. The zero-order valence-corrected chi connectivity index (χ0v) is 14.0. The van der Waals surface area contributed by atoms with Crippen LogP contribution in [0.2, 0.25) is 5.02 Å². The molecule has 126 valence electrons. The van der Waals surface area contributed by atoms with Gasteiger partial charge in [-0.1, -0.05) is 11.6 Å². The van der Waals surface area contributed by atoms with E-state index in [0.29, 0.717) is 18.7 Å². The number of hydrogen-bond donors (Lipinski definition) is 1. The number of likely N-dealkylation sites (tertiary alicyclic amines) is 1. The molecule has 0 saturated carbocycles. The van der Waals surface area contributed by atoms with Crippen molar-refractivity contribution in [1.29, 1.82) is 0 Å². The number of halogens is 2. The normalized spacial score (nSPS) is 27.0. The van der Waals surface area contributed by atoms with Gasteiger partial charge in [0.2, 0.25) is 5.91 Å². The average Bonchev–Trinajstić information content (AvgIpc) is 3.08. The summed E-state index contributed by atoms with van der Waals surface area (Å²) in [5.41, 5.74) is 0.561. The van der Waals surface area contributed by atoms with Crippen LogP contribution < -0.4 is 4.90 Å². The third kappa shape index (κ3) is 3.37. The van der Waals surface area contributed by atoms with E-state index in [9.17, 15) is 14.3 Å². The van der Waals surface area contributed by atoms with E-state index in [-0.39, 0.29) is 29.1 Å². The fraction of sp³-hybridized carbons (Fsp3) is 0.588. The van der Waals surface area contributed by atoms with Crippen molar-refractivity contribution in [2.45, 2.75) is 50.8 Å². The third-order valence-corrected chi connectivity index (χ3v) is 5.13. The summed E-state index contributed by atoms with van der Waals surface area (Å²) in [5.74, 6) is -0.488. The van der Waals surface area contributed by atoms with Crippen LogP contribution in [0.4, 0.5) is 10.1 Å². The summed E-state index contributed by atoms with van der Waals surface area (Å²) in [7, 11) is 0. The van der Waals surface area contributed by atoms with Crippen LogP contribution in [0, 0.1) is 5.82 Å². The molecule has 2 fully saturated rings. The van der Waals surface area contributed by atoms with Crippen LogP contribution in [0.5, 0.6) is 0 Å². The van der Waals surface area contributed by atoms with Crippen molar-refractivity contribution >= 4 is 23.2 Å². The molecule has 0 aliphatic carbocycles. The van der Waals surface area contributed by atoms with Crippen LogP contribution in [0.1, 0.15) is 32.6 Å². The maximum Gasteiger partial charge on any atom is 0.244 e. The van der Waals surface area contributed by atoms with Gasteiger partial charge in [0.15, 0.2) is 0 Å². The predicted molar refractivity (Wildman–Crippen MR) is 88.2 cm³/mol. The molecule has 0 radical (unpaired) electrons. The Morgan fingerprint density at radius 2 is 2.17 bits per heavy atom. The Labute approximate surface area is 140 Å². The Balaban J connectivity index is 1.74. The van der Waals surface area contributed by atoms with Crippen LogP contribution in [0.15, 0.2) is 18.2 Å². The average molecular weight is 341 g/mol. The van der Waals surface area contributed by atoms with Gasteiger partial charge in [-0.05, 0) is 57.4 Å². The van der Waals surface area contributed by atoms with Crippen molar-refractivity contribution in [3.05, 3.63) is 29.0 Å². The zero-order chi connectivity index (χ0) is 16.6. The first-order chi connectivity index (χ1) is 11.0. The molecule has 3 rings (SSSR count). The Morgan fingerprint density at radius 1 is 1.39 bits per heavy atom. The first-order valence-corrected chi connectivity index (χ1v) is 8.55. The van der Waals surface area contributed by atoms with Gasteiger partial charge in [-0.25, -0.2) is 4.39 Å². The number of rotatable bonds is 4. The van der Waals surface area contributed by atoms with E-state index < -0.39 is 5.82 Å². The molecule has 23 heavy (non-hydrogen) atoms. The summed E-state index contributed by atoms with van der Waals surface area (Å²) >= 11 is 5.71. The molecule has 3 unspecified atom stereocenters. The van der Waals surface area contributed by atoms with Crippen LogP contribution in [0.25, 0.3) is 0 Å². The highest BCUT2D eigenvalue weighted by Gasteiger charge is 2.41. The first kappa shape index (κ1) is 16.7. The zero-order valence-electron chi connectivity index (χ0n) is 13.2. The number of hydrogen-bond acceptors (Lipinski definition) is 3. The molecule has 1 amide bonds. The van der Waals surface area contributed by atoms with Crippen LogP contribution in [-0.2, 0) is 4.79 Å². The molecule has 0 spiro atoms.